The maximum Gasteiger partial charge on any atom is 0.262 e. The number of allylic oxidation sites excluding steroid dienone is 1. The zero-order valence-electron chi connectivity index (χ0n) is 16.5. The molecule has 0 amide bonds. The van der Waals surface area contributed by atoms with Crippen molar-refractivity contribution >= 4 is 32.3 Å². The fourth-order valence-corrected chi connectivity index (χ4v) is 4.27. The van der Waals surface area contributed by atoms with Crippen LogP contribution >= 0.6 is 0 Å². The fraction of sp³-hybridized carbons (Fsp3) is 0.211. The SMILES string of the molecule is C=c1ccc(CN(C)C)n/c1=C(/C=C\C)NS(=O)(=O)c1cccc(S(N)(=O)=O)c1. The largest absolute Gasteiger partial charge is 0.304 e. The lowest BCUT2D eigenvalue weighted by Gasteiger charge is -2.12. The van der Waals surface area contributed by atoms with E-state index in [-0.39, 0.29) is 15.5 Å². The average molecular weight is 437 g/mol. The Bertz CT molecular complexity index is 1250. The van der Waals surface area contributed by atoms with Crippen molar-refractivity contribution < 1.29 is 16.8 Å². The van der Waals surface area contributed by atoms with Crippen molar-refractivity contribution in [2.24, 2.45) is 5.14 Å². The Morgan fingerprint density at radius 1 is 1.17 bits per heavy atom. The molecule has 8 nitrogen and oxygen atoms in total. The van der Waals surface area contributed by atoms with E-state index < -0.39 is 20.0 Å². The molecule has 0 radical (unpaired) electrons. The summed E-state index contributed by atoms with van der Waals surface area (Å²) in [6, 6.07) is 8.42. The standard InChI is InChI=1S/C19H24N4O4S2/c1-5-7-18(19-14(2)10-11-15(21-19)13-23(3)4)22-29(26,27)17-9-6-8-16(12-17)28(20,24)25/h5-12,22H,2,13H2,1,3-4H3,(H2,20,24,25)/b7-5-,19-18-. The summed E-state index contributed by atoms with van der Waals surface area (Å²) in [5.41, 5.74) is 0.967. The first-order valence-corrected chi connectivity index (χ1v) is 11.6. The molecular formula is C19H24N4O4S2. The van der Waals surface area contributed by atoms with E-state index in [1.807, 2.05) is 25.1 Å². The van der Waals surface area contributed by atoms with Gasteiger partial charge in [-0.1, -0.05) is 24.8 Å². The Morgan fingerprint density at radius 2 is 1.83 bits per heavy atom. The van der Waals surface area contributed by atoms with Crippen LogP contribution < -0.4 is 20.4 Å². The topological polar surface area (TPSA) is 122 Å². The van der Waals surface area contributed by atoms with Crippen LogP contribution in [0.2, 0.25) is 0 Å². The zero-order chi connectivity index (χ0) is 21.8. The highest BCUT2D eigenvalue weighted by atomic mass is 32.2. The van der Waals surface area contributed by atoms with Crippen LogP contribution in [0, 0.1) is 0 Å². The van der Waals surface area contributed by atoms with Gasteiger partial charge in [-0.25, -0.2) is 27.0 Å². The average Bonchev–Trinajstić information content (AvgIpc) is 2.62. The third-order valence-corrected chi connectivity index (χ3v) is 6.07. The number of hydrogen-bond acceptors (Lipinski definition) is 6. The predicted molar refractivity (Wildman–Crippen MR) is 113 cm³/mol. The highest BCUT2D eigenvalue weighted by molar-refractivity contribution is 7.90. The smallest absolute Gasteiger partial charge is 0.262 e. The van der Waals surface area contributed by atoms with E-state index in [1.165, 1.54) is 18.2 Å². The first-order valence-electron chi connectivity index (χ1n) is 8.56. The van der Waals surface area contributed by atoms with Crippen LogP contribution in [-0.4, -0.2) is 40.8 Å². The maximum atomic E-state index is 12.9. The van der Waals surface area contributed by atoms with Crippen molar-refractivity contribution in [1.82, 2.24) is 14.6 Å². The molecule has 0 saturated heterocycles. The van der Waals surface area contributed by atoms with Gasteiger partial charge in [-0.15, -0.1) is 0 Å². The molecule has 3 N–H and O–H groups in total. The Morgan fingerprint density at radius 3 is 2.41 bits per heavy atom. The molecule has 0 aliphatic carbocycles. The Kier molecular flexibility index (Phi) is 6.96. The molecule has 156 valence electrons. The number of aromatic nitrogens is 1. The molecule has 2 rings (SSSR count). The number of pyridine rings is 1. The normalized spacial score (nSPS) is 13.7. The number of nitrogens with one attached hydrogen (secondary N) is 1. The van der Waals surface area contributed by atoms with Crippen LogP contribution in [-0.2, 0) is 26.6 Å². The molecule has 0 bridgehead atoms. The molecular weight excluding hydrogens is 412 g/mol. The molecule has 0 spiro atoms. The van der Waals surface area contributed by atoms with Crippen molar-refractivity contribution in [1.29, 1.82) is 0 Å². The summed E-state index contributed by atoms with van der Waals surface area (Å²) < 4.78 is 51.4. The van der Waals surface area contributed by atoms with E-state index in [0.29, 0.717) is 17.1 Å². The Hall–Kier alpha value is -2.53. The second-order valence-electron chi connectivity index (χ2n) is 6.59. The van der Waals surface area contributed by atoms with Crippen molar-refractivity contribution in [2.45, 2.75) is 23.3 Å². The van der Waals surface area contributed by atoms with Gasteiger partial charge in [0, 0.05) is 6.54 Å². The molecule has 1 heterocycles. The molecule has 10 heteroatoms. The van der Waals surface area contributed by atoms with Gasteiger partial charge in [0.1, 0.15) is 0 Å². The Balaban J connectivity index is 2.62. The highest BCUT2D eigenvalue weighted by Gasteiger charge is 2.18. The predicted octanol–water partition coefficient (Wildman–Crippen LogP) is -0.136. The van der Waals surface area contributed by atoms with Gasteiger partial charge in [0.2, 0.25) is 10.0 Å². The van der Waals surface area contributed by atoms with E-state index >= 15 is 0 Å². The molecule has 0 aliphatic rings. The van der Waals surface area contributed by atoms with E-state index in [4.69, 9.17) is 5.14 Å². The van der Waals surface area contributed by atoms with Gasteiger partial charge in [0.25, 0.3) is 10.0 Å². The first kappa shape index (κ1) is 22.8. The minimum absolute atomic E-state index is 0.221. The zero-order valence-corrected chi connectivity index (χ0v) is 18.1. The van der Waals surface area contributed by atoms with Gasteiger partial charge in [0.15, 0.2) is 0 Å². The highest BCUT2D eigenvalue weighted by Crippen LogP contribution is 2.15. The summed E-state index contributed by atoms with van der Waals surface area (Å²) in [5, 5.41) is 6.03. The van der Waals surface area contributed by atoms with Crippen LogP contribution in [0.3, 0.4) is 0 Å². The molecule has 0 fully saturated rings. The number of sulfonamides is 2. The summed E-state index contributed by atoms with van der Waals surface area (Å²) in [4.78, 5) is 5.94. The van der Waals surface area contributed by atoms with E-state index in [2.05, 4.69) is 16.3 Å². The molecule has 1 aromatic heterocycles. The fourth-order valence-electron chi connectivity index (χ4n) is 2.52. The van der Waals surface area contributed by atoms with Crippen molar-refractivity contribution in [2.75, 3.05) is 14.1 Å². The lowest BCUT2D eigenvalue weighted by molar-refractivity contribution is 0.396. The maximum absolute atomic E-state index is 12.9. The van der Waals surface area contributed by atoms with Gasteiger partial charge >= 0.3 is 0 Å². The minimum atomic E-state index is -4.10. The van der Waals surface area contributed by atoms with E-state index in [0.717, 1.165) is 11.8 Å². The van der Waals surface area contributed by atoms with Crippen molar-refractivity contribution in [3.05, 3.63) is 64.8 Å². The van der Waals surface area contributed by atoms with Crippen LogP contribution in [0.15, 0.2) is 58.3 Å². The number of rotatable bonds is 7. The van der Waals surface area contributed by atoms with Crippen molar-refractivity contribution in [3.63, 3.8) is 0 Å². The minimum Gasteiger partial charge on any atom is -0.304 e. The van der Waals surface area contributed by atoms with Crippen LogP contribution in [0.25, 0.3) is 12.3 Å². The number of benzene rings is 1. The summed E-state index contributed by atoms with van der Waals surface area (Å²) in [7, 11) is -4.34. The molecule has 1 aromatic carbocycles. The summed E-state index contributed by atoms with van der Waals surface area (Å²) in [6.45, 7) is 6.24. The molecule has 0 unspecified atom stereocenters. The summed E-state index contributed by atoms with van der Waals surface area (Å²) in [6.07, 6.45) is 3.23. The second-order valence-corrected chi connectivity index (χ2v) is 9.83. The number of nitrogens with zero attached hydrogens (tertiary/aromatic N) is 2. The third kappa shape index (κ3) is 5.97. The molecule has 29 heavy (non-hydrogen) atoms. The monoisotopic (exact) mass is 436 g/mol. The van der Waals surface area contributed by atoms with Crippen LogP contribution in [0.5, 0.6) is 0 Å². The number of hydrogen-bond donors (Lipinski definition) is 2. The molecule has 0 aliphatic heterocycles. The summed E-state index contributed by atoms with van der Waals surface area (Å²) >= 11 is 0. The molecule has 2 aromatic rings. The van der Waals surface area contributed by atoms with Crippen molar-refractivity contribution in [3.8, 4) is 0 Å². The van der Waals surface area contributed by atoms with Crippen LogP contribution in [0.4, 0.5) is 0 Å². The quantitative estimate of drug-likeness (QED) is 0.623. The van der Waals surface area contributed by atoms with Gasteiger partial charge in [-0.3, -0.25) is 4.72 Å². The van der Waals surface area contributed by atoms with Crippen LogP contribution in [0.1, 0.15) is 12.6 Å². The first-order chi connectivity index (χ1) is 13.4. The van der Waals surface area contributed by atoms with Gasteiger partial charge < -0.3 is 4.90 Å². The number of primary sulfonamides is 1. The molecule has 0 saturated carbocycles. The second kappa shape index (κ2) is 8.87. The lowest BCUT2D eigenvalue weighted by atomic mass is 10.2. The van der Waals surface area contributed by atoms with Gasteiger partial charge in [0.05, 0.1) is 26.5 Å². The summed E-state index contributed by atoms with van der Waals surface area (Å²) in [5.74, 6) is 0. The molecule has 0 atom stereocenters. The van der Waals surface area contributed by atoms with E-state index in [1.54, 1.807) is 25.1 Å². The number of nitrogens with two attached hydrogens (primary N) is 1. The lowest BCUT2D eigenvalue weighted by Crippen LogP contribution is -2.36. The third-order valence-electron chi connectivity index (χ3n) is 3.79. The Labute approximate surface area is 171 Å². The van der Waals surface area contributed by atoms with Gasteiger partial charge in [-0.05, 0) is 56.6 Å². The van der Waals surface area contributed by atoms with E-state index in [9.17, 15) is 16.8 Å². The van der Waals surface area contributed by atoms with Gasteiger partial charge in [-0.2, -0.15) is 0 Å².